The van der Waals surface area contributed by atoms with Gasteiger partial charge < -0.3 is 10.2 Å². The number of nitrogens with zero attached hydrogens (tertiary/aromatic N) is 2. The number of carbonyl (C=O) groups excluding carboxylic acids is 2. The lowest BCUT2D eigenvalue weighted by Crippen LogP contribution is -2.32. The Morgan fingerprint density at radius 2 is 1.32 bits per heavy atom. The molecule has 0 aromatic heterocycles. The van der Waals surface area contributed by atoms with Crippen LogP contribution in [0.4, 0.5) is 17.1 Å². The van der Waals surface area contributed by atoms with Crippen LogP contribution in [-0.2, 0) is 9.59 Å². The van der Waals surface area contributed by atoms with Crippen LogP contribution in [0.3, 0.4) is 0 Å². The zero-order valence-electron chi connectivity index (χ0n) is 20.5. The first-order chi connectivity index (χ1) is 16.3. The first-order valence-electron chi connectivity index (χ1n) is 11.7. The van der Waals surface area contributed by atoms with Gasteiger partial charge in [-0.25, -0.2) is 4.90 Å². The van der Waals surface area contributed by atoms with E-state index in [9.17, 15) is 9.59 Å². The highest BCUT2D eigenvalue weighted by molar-refractivity contribution is 6.46. The highest BCUT2D eigenvalue weighted by Gasteiger charge is 2.40. The molecule has 4 rings (SSSR count). The van der Waals surface area contributed by atoms with Crippen molar-refractivity contribution >= 4 is 34.4 Å². The van der Waals surface area contributed by atoms with Gasteiger partial charge >= 0.3 is 0 Å². The number of carbonyl (C=O) groups is 2. The second-order valence-electron chi connectivity index (χ2n) is 8.75. The maximum absolute atomic E-state index is 13.6. The molecule has 0 saturated heterocycles. The minimum atomic E-state index is -0.349. The van der Waals surface area contributed by atoms with Crippen molar-refractivity contribution in [3.63, 3.8) is 0 Å². The van der Waals surface area contributed by atoms with E-state index in [-0.39, 0.29) is 11.8 Å². The van der Waals surface area contributed by atoms with E-state index >= 15 is 0 Å². The van der Waals surface area contributed by atoms with Gasteiger partial charge in [-0.2, -0.15) is 0 Å². The molecule has 0 aliphatic carbocycles. The summed E-state index contributed by atoms with van der Waals surface area (Å²) in [5.74, 6) is -0.667. The Morgan fingerprint density at radius 3 is 1.88 bits per heavy atom. The van der Waals surface area contributed by atoms with Gasteiger partial charge in [0.2, 0.25) is 0 Å². The van der Waals surface area contributed by atoms with Crippen LogP contribution in [0.25, 0.3) is 5.57 Å². The Bertz CT molecular complexity index is 1230. The number of hydrogen-bond acceptors (Lipinski definition) is 4. The zero-order chi connectivity index (χ0) is 24.4. The van der Waals surface area contributed by atoms with Crippen LogP contribution in [0.5, 0.6) is 0 Å². The van der Waals surface area contributed by atoms with Crippen molar-refractivity contribution in [2.75, 3.05) is 28.2 Å². The number of anilines is 3. The molecule has 0 radical (unpaired) electrons. The van der Waals surface area contributed by atoms with Gasteiger partial charge in [0.25, 0.3) is 11.8 Å². The van der Waals surface area contributed by atoms with Crippen LogP contribution in [0.1, 0.15) is 36.1 Å². The van der Waals surface area contributed by atoms with Crippen molar-refractivity contribution in [3.8, 4) is 0 Å². The molecule has 174 valence electrons. The number of nitrogens with one attached hydrogen (secondary N) is 1. The average Bonchev–Trinajstić information content (AvgIpc) is 3.05. The molecule has 0 atom stereocenters. The number of aryl methyl sites for hydroxylation is 3. The van der Waals surface area contributed by atoms with E-state index in [1.54, 1.807) is 0 Å². The van der Waals surface area contributed by atoms with E-state index in [0.29, 0.717) is 17.0 Å². The summed E-state index contributed by atoms with van der Waals surface area (Å²) in [6, 6.07) is 21.4. The van der Waals surface area contributed by atoms with Crippen LogP contribution in [0, 0.1) is 20.8 Å². The third-order valence-electron chi connectivity index (χ3n) is 6.15. The third kappa shape index (κ3) is 4.46. The fraction of sp³-hybridized carbons (Fsp3) is 0.241. The van der Waals surface area contributed by atoms with Gasteiger partial charge in [0, 0.05) is 24.5 Å². The summed E-state index contributed by atoms with van der Waals surface area (Å²) in [6.07, 6.45) is 0. The summed E-state index contributed by atoms with van der Waals surface area (Å²) < 4.78 is 0. The van der Waals surface area contributed by atoms with E-state index in [1.165, 1.54) is 4.90 Å². The summed E-state index contributed by atoms with van der Waals surface area (Å²) >= 11 is 0. The molecule has 3 aromatic rings. The van der Waals surface area contributed by atoms with E-state index < -0.39 is 0 Å². The molecule has 2 amide bonds. The van der Waals surface area contributed by atoms with E-state index in [2.05, 4.69) is 24.1 Å². The number of rotatable bonds is 7. The third-order valence-corrected chi connectivity index (χ3v) is 6.15. The second-order valence-corrected chi connectivity index (χ2v) is 8.75. The SMILES string of the molecule is CCN(CC)c1ccc(NC2=C(c3ccc(C)cc3)C(=O)N(c3cc(C)cc(C)c3)C2=O)cc1. The summed E-state index contributed by atoms with van der Waals surface area (Å²) in [6.45, 7) is 12.0. The summed E-state index contributed by atoms with van der Waals surface area (Å²) in [5, 5.41) is 3.26. The molecular formula is C29H31N3O2. The molecule has 5 nitrogen and oxygen atoms in total. The number of benzene rings is 3. The zero-order valence-corrected chi connectivity index (χ0v) is 20.5. The molecule has 5 heteroatoms. The molecule has 1 N–H and O–H groups in total. The van der Waals surface area contributed by atoms with E-state index in [4.69, 9.17) is 0 Å². The number of amides is 2. The van der Waals surface area contributed by atoms with Crippen molar-refractivity contribution < 1.29 is 9.59 Å². The predicted molar refractivity (Wildman–Crippen MR) is 140 cm³/mol. The fourth-order valence-electron chi connectivity index (χ4n) is 4.44. The van der Waals surface area contributed by atoms with Crippen LogP contribution >= 0.6 is 0 Å². The quantitative estimate of drug-likeness (QED) is 0.456. The lowest BCUT2D eigenvalue weighted by molar-refractivity contribution is -0.120. The van der Waals surface area contributed by atoms with Crippen LogP contribution in [0.15, 0.2) is 72.4 Å². The predicted octanol–water partition coefficient (Wildman–Crippen LogP) is 5.85. The van der Waals surface area contributed by atoms with E-state index in [0.717, 1.165) is 46.7 Å². The number of imide groups is 1. The van der Waals surface area contributed by atoms with Gasteiger partial charge in [-0.05, 0) is 87.7 Å². The summed E-state index contributed by atoms with van der Waals surface area (Å²) in [4.78, 5) is 30.8. The fourth-order valence-corrected chi connectivity index (χ4v) is 4.44. The van der Waals surface area contributed by atoms with Crippen LogP contribution in [-0.4, -0.2) is 24.9 Å². The molecule has 34 heavy (non-hydrogen) atoms. The molecule has 1 aliphatic rings. The van der Waals surface area contributed by atoms with Gasteiger partial charge in [0.1, 0.15) is 5.70 Å². The maximum Gasteiger partial charge on any atom is 0.282 e. The first kappa shape index (κ1) is 23.3. The monoisotopic (exact) mass is 453 g/mol. The Hall–Kier alpha value is -3.86. The summed E-state index contributed by atoms with van der Waals surface area (Å²) in [5.41, 5.74) is 6.97. The second kappa shape index (κ2) is 9.56. The number of hydrogen-bond donors (Lipinski definition) is 1. The van der Waals surface area contributed by atoms with Crippen molar-refractivity contribution in [3.05, 3.63) is 94.7 Å². The van der Waals surface area contributed by atoms with Crippen LogP contribution < -0.4 is 15.1 Å². The van der Waals surface area contributed by atoms with Crippen molar-refractivity contribution in [2.45, 2.75) is 34.6 Å². The van der Waals surface area contributed by atoms with Gasteiger partial charge in [-0.15, -0.1) is 0 Å². The van der Waals surface area contributed by atoms with Gasteiger partial charge in [-0.3, -0.25) is 9.59 Å². The average molecular weight is 454 g/mol. The molecule has 1 heterocycles. The molecule has 0 fully saturated rings. The highest BCUT2D eigenvalue weighted by Crippen LogP contribution is 2.35. The van der Waals surface area contributed by atoms with Crippen molar-refractivity contribution in [1.82, 2.24) is 0 Å². The normalized spacial score (nSPS) is 13.6. The highest BCUT2D eigenvalue weighted by atomic mass is 16.2. The lowest BCUT2D eigenvalue weighted by Gasteiger charge is -2.21. The maximum atomic E-state index is 13.6. The largest absolute Gasteiger partial charge is 0.372 e. The Morgan fingerprint density at radius 1 is 0.735 bits per heavy atom. The minimum absolute atomic E-state index is 0.295. The molecule has 0 saturated carbocycles. The topological polar surface area (TPSA) is 52.7 Å². The Labute approximate surface area is 201 Å². The van der Waals surface area contributed by atoms with Gasteiger partial charge in [0.05, 0.1) is 11.3 Å². The standard InChI is InChI=1S/C29H31N3O2/c1-6-31(7-2)24-14-12-23(13-15-24)30-27-26(22-10-8-19(3)9-11-22)28(33)32(29(27)34)25-17-20(4)16-21(5)18-25/h8-18,30H,6-7H2,1-5H3. The minimum Gasteiger partial charge on any atom is -0.372 e. The Balaban J connectivity index is 1.76. The molecular weight excluding hydrogens is 422 g/mol. The van der Waals surface area contributed by atoms with Crippen molar-refractivity contribution in [2.24, 2.45) is 0 Å². The van der Waals surface area contributed by atoms with Gasteiger partial charge in [-0.1, -0.05) is 35.9 Å². The molecule has 1 aliphatic heterocycles. The van der Waals surface area contributed by atoms with Gasteiger partial charge in [0.15, 0.2) is 0 Å². The molecule has 0 bridgehead atoms. The van der Waals surface area contributed by atoms with E-state index in [1.807, 2.05) is 87.5 Å². The first-order valence-corrected chi connectivity index (χ1v) is 11.7. The molecule has 0 unspecified atom stereocenters. The van der Waals surface area contributed by atoms with Crippen LogP contribution in [0.2, 0.25) is 0 Å². The molecule has 3 aromatic carbocycles. The smallest absolute Gasteiger partial charge is 0.282 e. The Kier molecular flexibility index (Phi) is 6.55. The lowest BCUT2D eigenvalue weighted by atomic mass is 10.0. The molecule has 0 spiro atoms. The van der Waals surface area contributed by atoms with Crippen molar-refractivity contribution in [1.29, 1.82) is 0 Å². The summed E-state index contributed by atoms with van der Waals surface area (Å²) in [7, 11) is 0.